The summed E-state index contributed by atoms with van der Waals surface area (Å²) < 4.78 is 43.6. The molecule has 1 unspecified atom stereocenters. The number of fused-ring (bicyclic) bond motifs is 1. The van der Waals surface area contributed by atoms with Crippen LogP contribution in [0.2, 0.25) is 0 Å². The molecule has 1 nitrogen and oxygen atoms in total. The van der Waals surface area contributed by atoms with E-state index in [0.29, 0.717) is 18.5 Å². The molecule has 1 aliphatic heterocycles. The van der Waals surface area contributed by atoms with Gasteiger partial charge in [0, 0.05) is 18.2 Å². The molecule has 1 atom stereocenters. The lowest BCUT2D eigenvalue weighted by Gasteiger charge is -2.45. The monoisotopic (exact) mass is 311 g/mol. The summed E-state index contributed by atoms with van der Waals surface area (Å²) in [5, 5.41) is 0. The Bertz CT molecular complexity index is 523. The first kappa shape index (κ1) is 15.9. The van der Waals surface area contributed by atoms with E-state index >= 15 is 8.78 Å². The minimum atomic E-state index is -2.96. The molecule has 1 aliphatic carbocycles. The van der Waals surface area contributed by atoms with Crippen molar-refractivity contribution in [1.82, 2.24) is 4.90 Å². The Labute approximate surface area is 130 Å². The van der Waals surface area contributed by atoms with Crippen LogP contribution in [0.25, 0.3) is 0 Å². The second kappa shape index (κ2) is 6.23. The van der Waals surface area contributed by atoms with Crippen molar-refractivity contribution in [2.75, 3.05) is 0 Å². The SMILES string of the molecule is CCCCC1N(C2CCCC2)Cc2ccc(F)cc2C1(F)F. The standard InChI is InChI=1S/C18H24F3N/c1-2-3-8-17-18(20,21)16-11-14(19)10-9-13(16)12-22(17)15-6-4-5-7-15/h9-11,15,17H,2-8,12H2,1H3. The number of unbranched alkanes of at least 4 members (excludes halogenated alkanes) is 1. The van der Waals surface area contributed by atoms with Crippen molar-refractivity contribution in [3.05, 3.63) is 35.1 Å². The quantitative estimate of drug-likeness (QED) is 0.735. The van der Waals surface area contributed by atoms with Crippen LogP contribution in [0.15, 0.2) is 18.2 Å². The van der Waals surface area contributed by atoms with Gasteiger partial charge in [0.15, 0.2) is 0 Å². The highest BCUT2D eigenvalue weighted by Gasteiger charge is 2.50. The third kappa shape index (κ3) is 2.78. The molecule has 2 aliphatic rings. The number of halogens is 3. The zero-order chi connectivity index (χ0) is 15.7. The number of benzene rings is 1. The topological polar surface area (TPSA) is 3.24 Å². The van der Waals surface area contributed by atoms with E-state index in [1.807, 2.05) is 11.8 Å². The third-order valence-corrected chi connectivity index (χ3v) is 5.23. The van der Waals surface area contributed by atoms with E-state index in [1.54, 1.807) is 0 Å². The Morgan fingerprint density at radius 1 is 1.23 bits per heavy atom. The van der Waals surface area contributed by atoms with Gasteiger partial charge in [-0.1, -0.05) is 38.7 Å². The van der Waals surface area contributed by atoms with Crippen molar-refractivity contribution >= 4 is 0 Å². The van der Waals surface area contributed by atoms with E-state index in [1.165, 1.54) is 12.1 Å². The molecule has 1 aromatic carbocycles. The molecule has 1 heterocycles. The second-order valence-corrected chi connectivity index (χ2v) is 6.69. The van der Waals surface area contributed by atoms with Gasteiger partial charge in [0.25, 0.3) is 5.92 Å². The highest BCUT2D eigenvalue weighted by molar-refractivity contribution is 5.35. The Hall–Kier alpha value is -1.03. The van der Waals surface area contributed by atoms with E-state index in [2.05, 4.69) is 0 Å². The summed E-state index contributed by atoms with van der Waals surface area (Å²) in [5.74, 6) is -3.53. The van der Waals surface area contributed by atoms with Gasteiger partial charge in [0.1, 0.15) is 5.82 Å². The molecule has 0 saturated heterocycles. The number of nitrogens with zero attached hydrogens (tertiary/aromatic N) is 1. The number of hydrogen-bond acceptors (Lipinski definition) is 1. The molecule has 0 amide bonds. The summed E-state index contributed by atoms with van der Waals surface area (Å²) in [6.45, 7) is 2.55. The minimum Gasteiger partial charge on any atom is -0.287 e. The van der Waals surface area contributed by atoms with Crippen LogP contribution < -0.4 is 0 Å². The maximum absolute atomic E-state index is 15.1. The predicted octanol–water partition coefficient (Wildman–Crippen LogP) is 5.23. The van der Waals surface area contributed by atoms with E-state index in [0.717, 1.165) is 44.6 Å². The van der Waals surface area contributed by atoms with Gasteiger partial charge in [-0.05, 0) is 37.0 Å². The molecule has 22 heavy (non-hydrogen) atoms. The molecule has 0 aromatic heterocycles. The van der Waals surface area contributed by atoms with Crippen LogP contribution in [-0.4, -0.2) is 17.0 Å². The lowest BCUT2D eigenvalue weighted by molar-refractivity contribution is -0.119. The fourth-order valence-electron chi connectivity index (χ4n) is 4.06. The van der Waals surface area contributed by atoms with Crippen molar-refractivity contribution in [2.24, 2.45) is 0 Å². The third-order valence-electron chi connectivity index (χ3n) is 5.23. The van der Waals surface area contributed by atoms with Crippen LogP contribution in [0.1, 0.15) is 63.0 Å². The number of rotatable bonds is 4. The summed E-state index contributed by atoms with van der Waals surface area (Å²) >= 11 is 0. The molecule has 3 rings (SSSR count). The molecule has 0 radical (unpaired) electrons. The van der Waals surface area contributed by atoms with E-state index in [9.17, 15) is 4.39 Å². The van der Waals surface area contributed by atoms with Gasteiger partial charge in [-0.2, -0.15) is 8.78 Å². The molecule has 1 saturated carbocycles. The first-order valence-corrected chi connectivity index (χ1v) is 8.46. The maximum atomic E-state index is 15.1. The average molecular weight is 311 g/mol. The Balaban J connectivity index is 1.97. The molecule has 0 N–H and O–H groups in total. The highest BCUT2D eigenvalue weighted by Crippen LogP contribution is 2.46. The molecule has 122 valence electrons. The summed E-state index contributed by atoms with van der Waals surface area (Å²) in [5.41, 5.74) is 0.494. The van der Waals surface area contributed by atoms with Crippen molar-refractivity contribution < 1.29 is 13.2 Å². The lowest BCUT2D eigenvalue weighted by Crippen LogP contribution is -2.53. The Kier molecular flexibility index (Phi) is 4.49. The van der Waals surface area contributed by atoms with Crippen LogP contribution in [-0.2, 0) is 12.5 Å². The summed E-state index contributed by atoms with van der Waals surface area (Å²) in [7, 11) is 0. The van der Waals surface area contributed by atoms with Gasteiger partial charge in [-0.3, -0.25) is 4.90 Å². The van der Waals surface area contributed by atoms with Gasteiger partial charge < -0.3 is 0 Å². The summed E-state index contributed by atoms with van der Waals surface area (Å²) in [4.78, 5) is 2.02. The molecule has 0 bridgehead atoms. The lowest BCUT2D eigenvalue weighted by atomic mass is 9.86. The molecule has 1 aromatic rings. The second-order valence-electron chi connectivity index (χ2n) is 6.69. The van der Waals surface area contributed by atoms with Crippen LogP contribution in [0.3, 0.4) is 0 Å². The average Bonchev–Trinajstić information content (AvgIpc) is 3.01. The number of hydrogen-bond donors (Lipinski definition) is 0. The van der Waals surface area contributed by atoms with Gasteiger partial charge in [0.2, 0.25) is 0 Å². The Morgan fingerprint density at radius 2 is 1.95 bits per heavy atom. The maximum Gasteiger partial charge on any atom is 0.288 e. The van der Waals surface area contributed by atoms with E-state index < -0.39 is 17.8 Å². The smallest absolute Gasteiger partial charge is 0.287 e. The van der Waals surface area contributed by atoms with Crippen molar-refractivity contribution in [1.29, 1.82) is 0 Å². The molecule has 1 fully saturated rings. The molecular weight excluding hydrogens is 287 g/mol. The van der Waals surface area contributed by atoms with Gasteiger partial charge in [-0.15, -0.1) is 0 Å². The van der Waals surface area contributed by atoms with Crippen molar-refractivity contribution in [2.45, 2.75) is 76.4 Å². The normalized spacial score (nSPS) is 25.4. The molecule has 4 heteroatoms. The molecule has 0 spiro atoms. The highest BCUT2D eigenvalue weighted by atomic mass is 19.3. The number of alkyl halides is 2. The fraction of sp³-hybridized carbons (Fsp3) is 0.667. The summed E-state index contributed by atoms with van der Waals surface area (Å²) in [6, 6.07) is 3.35. The van der Waals surface area contributed by atoms with Crippen molar-refractivity contribution in [3.63, 3.8) is 0 Å². The van der Waals surface area contributed by atoms with Gasteiger partial charge in [0.05, 0.1) is 6.04 Å². The van der Waals surface area contributed by atoms with Crippen LogP contribution in [0.5, 0.6) is 0 Å². The van der Waals surface area contributed by atoms with Crippen LogP contribution in [0.4, 0.5) is 13.2 Å². The van der Waals surface area contributed by atoms with Gasteiger partial charge in [-0.25, -0.2) is 4.39 Å². The minimum absolute atomic E-state index is 0.0946. The van der Waals surface area contributed by atoms with Gasteiger partial charge >= 0.3 is 0 Å². The Morgan fingerprint density at radius 3 is 2.64 bits per heavy atom. The molecular formula is C18H24F3N. The first-order valence-electron chi connectivity index (χ1n) is 8.46. The first-order chi connectivity index (χ1) is 10.5. The summed E-state index contributed by atoms with van der Waals surface area (Å²) in [6.07, 6.45) is 6.45. The predicted molar refractivity (Wildman–Crippen MR) is 81.4 cm³/mol. The largest absolute Gasteiger partial charge is 0.288 e. The van der Waals surface area contributed by atoms with E-state index in [4.69, 9.17) is 0 Å². The van der Waals surface area contributed by atoms with Crippen LogP contribution in [0, 0.1) is 5.82 Å². The zero-order valence-electron chi connectivity index (χ0n) is 13.1. The van der Waals surface area contributed by atoms with Crippen molar-refractivity contribution in [3.8, 4) is 0 Å². The zero-order valence-corrected chi connectivity index (χ0v) is 13.1. The fourth-order valence-corrected chi connectivity index (χ4v) is 4.06. The van der Waals surface area contributed by atoms with E-state index in [-0.39, 0.29) is 11.6 Å². The van der Waals surface area contributed by atoms with Crippen LogP contribution >= 0.6 is 0 Å².